The molecule has 0 fully saturated rings. The number of carboxylic acid groups (broad SMARTS) is 1. The molecular weight excluding hydrogens is 351 g/mol. The van der Waals surface area contributed by atoms with Gasteiger partial charge in [0.2, 0.25) is 11.8 Å². The lowest BCUT2D eigenvalue weighted by atomic mass is 9.88. The number of hydrogen-bond acceptors (Lipinski definition) is 3. The molecule has 0 saturated heterocycles. The summed E-state index contributed by atoms with van der Waals surface area (Å²) in [6.45, 7) is 0. The summed E-state index contributed by atoms with van der Waals surface area (Å²) in [5.41, 5.74) is 1.86. The summed E-state index contributed by atoms with van der Waals surface area (Å²) < 4.78 is 13.2. The fraction of sp³-hybridized carbons (Fsp3) is 0.250. The van der Waals surface area contributed by atoms with Gasteiger partial charge >= 0.3 is 5.97 Å². The number of benzene rings is 2. The molecule has 2 aromatic rings. The van der Waals surface area contributed by atoms with Gasteiger partial charge in [0.05, 0.1) is 18.4 Å². The van der Waals surface area contributed by atoms with Crippen molar-refractivity contribution in [2.24, 2.45) is 0 Å². The number of nitrogens with zero attached hydrogens (tertiary/aromatic N) is 1. The molecule has 140 valence electrons. The van der Waals surface area contributed by atoms with Gasteiger partial charge in [0.1, 0.15) is 5.82 Å². The number of para-hydroxylation sites is 1. The van der Waals surface area contributed by atoms with Crippen molar-refractivity contribution in [1.82, 2.24) is 5.32 Å². The lowest BCUT2D eigenvalue weighted by Crippen LogP contribution is -2.40. The minimum Gasteiger partial charge on any atom is -0.481 e. The lowest BCUT2D eigenvalue weighted by molar-refractivity contribution is -0.138. The molecule has 27 heavy (non-hydrogen) atoms. The third-order valence-corrected chi connectivity index (χ3v) is 4.71. The number of hydrogen-bond donors (Lipinski definition) is 2. The summed E-state index contributed by atoms with van der Waals surface area (Å²) >= 11 is 0. The molecule has 1 aliphatic rings. The van der Waals surface area contributed by atoms with Crippen molar-refractivity contribution in [1.29, 1.82) is 0 Å². The van der Waals surface area contributed by atoms with Gasteiger partial charge in [-0.15, -0.1) is 0 Å². The SMILES string of the molecule is CN1C(=O)CC(C(=O)NC(CC(=O)O)c2ccc(F)cc2)c2ccccc21. The molecule has 2 amide bonds. The summed E-state index contributed by atoms with van der Waals surface area (Å²) in [4.78, 5) is 37.9. The van der Waals surface area contributed by atoms with Gasteiger partial charge in [0.25, 0.3) is 0 Å². The van der Waals surface area contributed by atoms with Crippen molar-refractivity contribution in [3.63, 3.8) is 0 Å². The number of carbonyl (C=O) groups is 3. The molecule has 2 unspecified atom stereocenters. The van der Waals surface area contributed by atoms with Crippen LogP contribution in [0.25, 0.3) is 0 Å². The van der Waals surface area contributed by atoms with Crippen LogP contribution in [-0.4, -0.2) is 29.9 Å². The predicted octanol–water partition coefficient (Wildman–Crippen LogP) is 2.61. The van der Waals surface area contributed by atoms with E-state index in [-0.39, 0.29) is 18.7 Å². The van der Waals surface area contributed by atoms with Gasteiger partial charge in [-0.1, -0.05) is 30.3 Å². The van der Waals surface area contributed by atoms with Crippen LogP contribution in [-0.2, 0) is 14.4 Å². The Labute approximate surface area is 155 Å². The first-order chi connectivity index (χ1) is 12.9. The first-order valence-electron chi connectivity index (χ1n) is 8.50. The third-order valence-electron chi connectivity index (χ3n) is 4.71. The molecule has 6 nitrogen and oxygen atoms in total. The molecule has 0 spiro atoms. The Kier molecular flexibility index (Phi) is 5.21. The average molecular weight is 370 g/mol. The Morgan fingerprint density at radius 3 is 2.56 bits per heavy atom. The second-order valence-corrected chi connectivity index (χ2v) is 6.48. The maximum atomic E-state index is 13.2. The number of carbonyl (C=O) groups excluding carboxylic acids is 2. The van der Waals surface area contributed by atoms with E-state index in [2.05, 4.69) is 5.32 Å². The standard InChI is InChI=1S/C20H19FN2O4/c1-23-17-5-3-2-4-14(17)15(10-18(23)24)20(27)22-16(11-19(25)26)12-6-8-13(21)9-7-12/h2-9,15-16H,10-11H2,1H3,(H,22,27)(H,25,26). The molecule has 1 heterocycles. The van der Waals surface area contributed by atoms with E-state index in [1.165, 1.54) is 29.2 Å². The van der Waals surface area contributed by atoms with Gasteiger partial charge in [0.15, 0.2) is 0 Å². The zero-order chi connectivity index (χ0) is 19.6. The first kappa shape index (κ1) is 18.6. The van der Waals surface area contributed by atoms with Crippen LogP contribution in [0.4, 0.5) is 10.1 Å². The summed E-state index contributed by atoms with van der Waals surface area (Å²) in [6.07, 6.45) is -0.345. The number of aliphatic carboxylic acids is 1. The van der Waals surface area contributed by atoms with Gasteiger partial charge in [-0.05, 0) is 29.3 Å². The fourth-order valence-corrected chi connectivity index (χ4v) is 3.27. The van der Waals surface area contributed by atoms with E-state index in [4.69, 9.17) is 0 Å². The second-order valence-electron chi connectivity index (χ2n) is 6.48. The van der Waals surface area contributed by atoms with Gasteiger partial charge in [0, 0.05) is 19.2 Å². The van der Waals surface area contributed by atoms with Crippen LogP contribution in [0.2, 0.25) is 0 Å². The normalized spacial score (nSPS) is 17.2. The minimum atomic E-state index is -1.09. The third kappa shape index (κ3) is 3.97. The second kappa shape index (κ2) is 7.57. The minimum absolute atomic E-state index is 0.00254. The number of halogens is 1. The molecule has 3 rings (SSSR count). The Morgan fingerprint density at radius 2 is 1.89 bits per heavy atom. The monoisotopic (exact) mass is 370 g/mol. The van der Waals surface area contributed by atoms with Crippen molar-refractivity contribution in [2.45, 2.75) is 24.8 Å². The van der Waals surface area contributed by atoms with E-state index in [0.717, 1.165) is 0 Å². The number of carboxylic acids is 1. The Bertz CT molecular complexity index is 882. The van der Waals surface area contributed by atoms with Crippen LogP contribution in [0.5, 0.6) is 0 Å². The number of nitrogens with one attached hydrogen (secondary N) is 1. The van der Waals surface area contributed by atoms with Crippen LogP contribution in [0.3, 0.4) is 0 Å². The first-order valence-corrected chi connectivity index (χ1v) is 8.50. The highest BCUT2D eigenvalue weighted by molar-refractivity contribution is 6.02. The van der Waals surface area contributed by atoms with E-state index in [9.17, 15) is 23.9 Å². The summed E-state index contributed by atoms with van der Waals surface area (Å²) in [5.74, 6) is -2.87. The highest BCUT2D eigenvalue weighted by atomic mass is 19.1. The molecule has 0 bridgehead atoms. The van der Waals surface area contributed by atoms with E-state index < -0.39 is 29.7 Å². The van der Waals surface area contributed by atoms with Crippen LogP contribution < -0.4 is 10.2 Å². The largest absolute Gasteiger partial charge is 0.481 e. The number of anilines is 1. The van der Waals surface area contributed by atoms with Crippen LogP contribution in [0, 0.1) is 5.82 Å². The molecule has 7 heteroatoms. The highest BCUT2D eigenvalue weighted by Crippen LogP contribution is 2.35. The maximum Gasteiger partial charge on any atom is 0.305 e. The Balaban J connectivity index is 1.87. The predicted molar refractivity (Wildman–Crippen MR) is 96.7 cm³/mol. The number of rotatable bonds is 5. The average Bonchev–Trinajstić information content (AvgIpc) is 2.64. The van der Waals surface area contributed by atoms with E-state index in [1.807, 2.05) is 0 Å². The van der Waals surface area contributed by atoms with Crippen LogP contribution in [0.15, 0.2) is 48.5 Å². The van der Waals surface area contributed by atoms with Gasteiger partial charge in [-0.3, -0.25) is 14.4 Å². The summed E-state index contributed by atoms with van der Waals surface area (Å²) in [7, 11) is 1.65. The van der Waals surface area contributed by atoms with Crippen molar-refractivity contribution >= 4 is 23.5 Å². The maximum absolute atomic E-state index is 13.2. The van der Waals surface area contributed by atoms with E-state index in [0.29, 0.717) is 16.8 Å². The van der Waals surface area contributed by atoms with Gasteiger partial charge in [-0.25, -0.2) is 4.39 Å². The quantitative estimate of drug-likeness (QED) is 0.847. The molecule has 2 aromatic carbocycles. The fourth-order valence-electron chi connectivity index (χ4n) is 3.27. The lowest BCUT2D eigenvalue weighted by Gasteiger charge is -2.31. The van der Waals surface area contributed by atoms with Crippen molar-refractivity contribution in [3.8, 4) is 0 Å². The Hall–Kier alpha value is -3.22. The molecule has 1 aliphatic heterocycles. The smallest absolute Gasteiger partial charge is 0.305 e. The molecule has 2 atom stereocenters. The van der Waals surface area contributed by atoms with Crippen molar-refractivity contribution in [3.05, 3.63) is 65.5 Å². The van der Waals surface area contributed by atoms with Crippen LogP contribution >= 0.6 is 0 Å². The molecule has 2 N–H and O–H groups in total. The molecular formula is C20H19FN2O4. The van der Waals surface area contributed by atoms with Gasteiger partial charge < -0.3 is 15.3 Å². The zero-order valence-corrected chi connectivity index (χ0v) is 14.7. The van der Waals surface area contributed by atoms with E-state index >= 15 is 0 Å². The number of amides is 2. The number of fused-ring (bicyclic) bond motifs is 1. The van der Waals surface area contributed by atoms with Gasteiger partial charge in [-0.2, -0.15) is 0 Å². The van der Waals surface area contributed by atoms with E-state index in [1.54, 1.807) is 31.3 Å². The summed E-state index contributed by atoms with van der Waals surface area (Å²) in [5, 5.41) is 11.9. The summed E-state index contributed by atoms with van der Waals surface area (Å²) in [6, 6.07) is 11.6. The van der Waals surface area contributed by atoms with Crippen LogP contribution in [0.1, 0.15) is 35.9 Å². The molecule has 0 radical (unpaired) electrons. The topological polar surface area (TPSA) is 86.7 Å². The van der Waals surface area contributed by atoms with Crippen molar-refractivity contribution in [2.75, 3.05) is 11.9 Å². The highest BCUT2D eigenvalue weighted by Gasteiger charge is 2.34. The molecule has 0 saturated carbocycles. The molecule has 0 aliphatic carbocycles. The van der Waals surface area contributed by atoms with Crippen molar-refractivity contribution < 1.29 is 23.9 Å². The Morgan fingerprint density at radius 1 is 1.22 bits per heavy atom. The molecule has 0 aromatic heterocycles. The zero-order valence-electron chi connectivity index (χ0n) is 14.7.